The lowest BCUT2D eigenvalue weighted by Gasteiger charge is -2.64. The Morgan fingerprint density at radius 2 is 1.86 bits per heavy atom. The van der Waals surface area contributed by atoms with E-state index < -0.39 is 11.5 Å². The molecule has 0 amide bonds. The standard InChI is InChI=1S/C29H41NO5/c1-5-34-25(33)28(4)12-7-11-27(3)21(28)10-14-29-18-26(2,13-9-22(27)29)23(31)20(29)17-35-24(32)19-8-6-15-30-16-19/h6,8,15-16,20-23,31H,5,7,9-14,17-18H2,1-4H3/t20-,21?,22?,23-,26-,27-,28-,29-/m1/s1. The van der Waals surface area contributed by atoms with Crippen LogP contribution in [0, 0.1) is 39.4 Å². The lowest BCUT2D eigenvalue weighted by Crippen LogP contribution is -2.60. The molecule has 8 atom stereocenters. The largest absolute Gasteiger partial charge is 0.466 e. The quantitative estimate of drug-likeness (QED) is 0.580. The molecule has 1 aromatic heterocycles. The van der Waals surface area contributed by atoms with E-state index in [0.717, 1.165) is 51.4 Å². The molecule has 35 heavy (non-hydrogen) atoms. The first-order valence-corrected chi connectivity index (χ1v) is 13.5. The van der Waals surface area contributed by atoms with Crippen molar-refractivity contribution in [1.29, 1.82) is 0 Å². The van der Waals surface area contributed by atoms with Crippen LogP contribution in [0.25, 0.3) is 0 Å². The minimum absolute atomic E-state index is 0.00894. The molecule has 1 spiro atoms. The highest BCUT2D eigenvalue weighted by molar-refractivity contribution is 5.88. The van der Waals surface area contributed by atoms with Gasteiger partial charge in [-0.1, -0.05) is 20.3 Å². The van der Waals surface area contributed by atoms with Crippen LogP contribution in [0.1, 0.15) is 89.4 Å². The summed E-state index contributed by atoms with van der Waals surface area (Å²) in [6.07, 6.45) is 10.6. The second-order valence-corrected chi connectivity index (χ2v) is 12.6. The highest BCUT2D eigenvalue weighted by Crippen LogP contribution is 2.75. The molecule has 6 nitrogen and oxygen atoms in total. The number of aliphatic hydroxyl groups is 1. The summed E-state index contributed by atoms with van der Waals surface area (Å²) in [5, 5.41) is 11.6. The second kappa shape index (κ2) is 8.57. The predicted molar refractivity (Wildman–Crippen MR) is 131 cm³/mol. The molecule has 0 saturated heterocycles. The number of aromatic nitrogens is 1. The van der Waals surface area contributed by atoms with Gasteiger partial charge in [0.15, 0.2) is 0 Å². The summed E-state index contributed by atoms with van der Waals surface area (Å²) in [4.78, 5) is 30.0. The SMILES string of the molecule is CCOC(=O)[C@]1(C)CCC[C@@]2(C)C3CC[C@]4(C)C[C@]3(CCC21)[C@H](COC(=O)c1cccnc1)[C@H]4O. The monoisotopic (exact) mass is 483 g/mol. The Balaban J connectivity index is 1.45. The highest BCUT2D eigenvalue weighted by atomic mass is 16.5. The molecular weight excluding hydrogens is 442 g/mol. The molecule has 4 aliphatic carbocycles. The minimum Gasteiger partial charge on any atom is -0.466 e. The fraction of sp³-hybridized carbons (Fsp3) is 0.759. The maximum Gasteiger partial charge on any atom is 0.339 e. The van der Waals surface area contributed by atoms with E-state index in [0.29, 0.717) is 18.1 Å². The molecule has 1 heterocycles. The maximum atomic E-state index is 13.2. The molecule has 5 rings (SSSR count). The third kappa shape index (κ3) is 3.57. The zero-order chi connectivity index (χ0) is 25.1. The van der Waals surface area contributed by atoms with Gasteiger partial charge in [-0.2, -0.15) is 0 Å². The van der Waals surface area contributed by atoms with Crippen LogP contribution in [0.3, 0.4) is 0 Å². The van der Waals surface area contributed by atoms with Gasteiger partial charge in [-0.3, -0.25) is 9.78 Å². The third-order valence-electron chi connectivity index (χ3n) is 11.0. The summed E-state index contributed by atoms with van der Waals surface area (Å²) in [5.74, 6) is 0.168. The second-order valence-electron chi connectivity index (χ2n) is 12.6. The minimum atomic E-state index is -0.491. The van der Waals surface area contributed by atoms with E-state index in [9.17, 15) is 14.7 Å². The average Bonchev–Trinajstić information content (AvgIpc) is 2.98. The fourth-order valence-electron chi connectivity index (χ4n) is 9.52. The maximum absolute atomic E-state index is 13.2. The predicted octanol–water partition coefficient (Wildman–Crippen LogP) is 5.19. The van der Waals surface area contributed by atoms with Crippen LogP contribution in [0.5, 0.6) is 0 Å². The van der Waals surface area contributed by atoms with Gasteiger partial charge in [-0.05, 0) is 99.0 Å². The van der Waals surface area contributed by atoms with Crippen LogP contribution in [-0.4, -0.2) is 41.3 Å². The van der Waals surface area contributed by atoms with Crippen LogP contribution in [0.15, 0.2) is 24.5 Å². The lowest BCUT2D eigenvalue weighted by molar-refractivity contribution is -0.193. The molecule has 4 aliphatic rings. The van der Waals surface area contributed by atoms with Crippen molar-refractivity contribution in [2.75, 3.05) is 13.2 Å². The smallest absolute Gasteiger partial charge is 0.339 e. The van der Waals surface area contributed by atoms with E-state index in [2.05, 4.69) is 25.8 Å². The van der Waals surface area contributed by atoms with Crippen LogP contribution < -0.4 is 0 Å². The summed E-state index contributed by atoms with van der Waals surface area (Å²) >= 11 is 0. The molecule has 4 fully saturated rings. The Hall–Kier alpha value is -1.95. The summed E-state index contributed by atoms with van der Waals surface area (Å²) in [7, 11) is 0. The van der Waals surface area contributed by atoms with E-state index in [-0.39, 0.29) is 46.6 Å². The number of hydrogen-bond donors (Lipinski definition) is 1. The first-order valence-electron chi connectivity index (χ1n) is 13.5. The van der Waals surface area contributed by atoms with Gasteiger partial charge in [-0.25, -0.2) is 4.79 Å². The molecule has 0 aromatic carbocycles. The first kappa shape index (κ1) is 24.7. The molecule has 6 heteroatoms. The van der Waals surface area contributed by atoms with Gasteiger partial charge in [0.05, 0.1) is 30.3 Å². The molecule has 4 saturated carbocycles. The Labute approximate surface area is 209 Å². The van der Waals surface area contributed by atoms with Gasteiger partial charge in [0.25, 0.3) is 0 Å². The molecule has 192 valence electrons. The summed E-state index contributed by atoms with van der Waals surface area (Å²) in [5.41, 5.74) is -0.222. The Morgan fingerprint density at radius 1 is 1.09 bits per heavy atom. The Morgan fingerprint density at radius 3 is 2.57 bits per heavy atom. The van der Waals surface area contributed by atoms with Gasteiger partial charge in [0, 0.05) is 18.3 Å². The summed E-state index contributed by atoms with van der Waals surface area (Å²) < 4.78 is 11.4. The Bertz CT molecular complexity index is 983. The molecule has 2 unspecified atom stereocenters. The van der Waals surface area contributed by atoms with Crippen molar-refractivity contribution in [1.82, 2.24) is 4.98 Å². The molecule has 1 aromatic rings. The van der Waals surface area contributed by atoms with E-state index in [1.165, 1.54) is 6.20 Å². The number of aliphatic hydroxyl groups excluding tert-OH is 1. The van der Waals surface area contributed by atoms with E-state index in [4.69, 9.17) is 9.47 Å². The van der Waals surface area contributed by atoms with Gasteiger partial charge in [0.1, 0.15) is 0 Å². The van der Waals surface area contributed by atoms with Crippen molar-refractivity contribution in [3.8, 4) is 0 Å². The van der Waals surface area contributed by atoms with E-state index in [1.54, 1.807) is 18.3 Å². The van der Waals surface area contributed by atoms with Crippen molar-refractivity contribution in [3.05, 3.63) is 30.1 Å². The van der Waals surface area contributed by atoms with Gasteiger partial charge < -0.3 is 14.6 Å². The first-order chi connectivity index (χ1) is 16.6. The average molecular weight is 484 g/mol. The molecular formula is C29H41NO5. The fourth-order valence-corrected chi connectivity index (χ4v) is 9.52. The van der Waals surface area contributed by atoms with E-state index in [1.807, 2.05) is 6.92 Å². The van der Waals surface area contributed by atoms with Gasteiger partial charge in [0.2, 0.25) is 0 Å². The topological polar surface area (TPSA) is 85.7 Å². The van der Waals surface area contributed by atoms with E-state index >= 15 is 0 Å². The highest BCUT2D eigenvalue weighted by Gasteiger charge is 2.71. The lowest BCUT2D eigenvalue weighted by atomic mass is 9.39. The number of ether oxygens (including phenoxy) is 2. The number of hydrogen-bond acceptors (Lipinski definition) is 6. The number of nitrogens with zero attached hydrogens (tertiary/aromatic N) is 1. The van der Waals surface area contributed by atoms with Crippen LogP contribution in [-0.2, 0) is 14.3 Å². The van der Waals surface area contributed by atoms with Crippen molar-refractivity contribution >= 4 is 11.9 Å². The van der Waals surface area contributed by atoms with Crippen molar-refractivity contribution < 1.29 is 24.2 Å². The number of pyridine rings is 1. The molecule has 0 radical (unpaired) electrons. The zero-order valence-corrected chi connectivity index (χ0v) is 21.7. The third-order valence-corrected chi connectivity index (χ3v) is 11.0. The Kier molecular flexibility index (Phi) is 6.05. The van der Waals surface area contributed by atoms with Crippen LogP contribution in [0.2, 0.25) is 0 Å². The van der Waals surface area contributed by atoms with Crippen LogP contribution in [0.4, 0.5) is 0 Å². The van der Waals surface area contributed by atoms with Crippen LogP contribution >= 0.6 is 0 Å². The molecule has 1 N–H and O–H groups in total. The van der Waals surface area contributed by atoms with Gasteiger partial charge in [-0.15, -0.1) is 0 Å². The number of fused-ring (bicyclic) bond motifs is 3. The van der Waals surface area contributed by atoms with Crippen molar-refractivity contribution in [2.24, 2.45) is 39.4 Å². The number of rotatable bonds is 5. The normalized spacial score (nSPS) is 44.1. The zero-order valence-electron chi connectivity index (χ0n) is 21.7. The van der Waals surface area contributed by atoms with Gasteiger partial charge >= 0.3 is 11.9 Å². The molecule has 2 bridgehead atoms. The molecule has 0 aliphatic heterocycles. The summed E-state index contributed by atoms with van der Waals surface area (Å²) in [6.45, 7) is 9.30. The number of carbonyl (C=O) groups is 2. The number of esters is 2. The van der Waals surface area contributed by atoms with Crippen molar-refractivity contribution in [3.63, 3.8) is 0 Å². The summed E-state index contributed by atoms with van der Waals surface area (Å²) in [6, 6.07) is 3.45. The van der Waals surface area contributed by atoms with Crippen molar-refractivity contribution in [2.45, 2.75) is 85.2 Å². The number of carbonyl (C=O) groups excluding carboxylic acids is 2.